The van der Waals surface area contributed by atoms with E-state index in [9.17, 15) is 9.59 Å². The summed E-state index contributed by atoms with van der Waals surface area (Å²) in [5, 5.41) is 0. The zero-order valence-electron chi connectivity index (χ0n) is 25.0. The van der Waals surface area contributed by atoms with E-state index in [1.54, 1.807) is 9.80 Å². The normalized spacial score (nSPS) is 25.9. The maximum atomic E-state index is 13.2. The third-order valence-electron chi connectivity index (χ3n) is 10.6. The summed E-state index contributed by atoms with van der Waals surface area (Å²) in [5.74, 6) is 0.107. The highest BCUT2D eigenvalue weighted by atomic mass is 32.2. The van der Waals surface area contributed by atoms with E-state index in [1.807, 2.05) is 36.5 Å². The van der Waals surface area contributed by atoms with Crippen LogP contribution in [-0.4, -0.2) is 43.3 Å². The molecule has 4 fully saturated rings. The summed E-state index contributed by atoms with van der Waals surface area (Å²) >= 11 is 18.0. The van der Waals surface area contributed by atoms with Gasteiger partial charge in [0.15, 0.2) is 0 Å². The van der Waals surface area contributed by atoms with Gasteiger partial charge in [-0.1, -0.05) is 86.5 Å². The molecule has 0 unspecified atom stereocenters. The first kappa shape index (κ1) is 29.8. The number of rotatable bonds is 4. The van der Waals surface area contributed by atoms with Gasteiger partial charge in [-0.25, -0.2) is 0 Å². The van der Waals surface area contributed by atoms with Crippen molar-refractivity contribution in [1.82, 2.24) is 9.80 Å². The Morgan fingerprint density at radius 2 is 1.07 bits per heavy atom. The van der Waals surface area contributed by atoms with Crippen LogP contribution in [0.25, 0.3) is 21.6 Å². The number of hydrogen-bond donors (Lipinski definition) is 0. The summed E-state index contributed by atoms with van der Waals surface area (Å²) in [7, 11) is 0. The second kappa shape index (κ2) is 11.0. The van der Waals surface area contributed by atoms with Gasteiger partial charge in [0, 0.05) is 33.7 Å². The fraction of sp³-hybridized carbons (Fsp3) is 0.471. The van der Waals surface area contributed by atoms with Gasteiger partial charge in [-0.15, -0.1) is 22.7 Å². The molecule has 0 aromatic carbocycles. The standard InChI is InChI=1S/C34H34N2O2S6/c1-3-35-29(37)23(43-31(35)39)17-19-15-21-25(33(19)11-7-5-8-12-33)27-28(41-21)26-22(42-27)16-20(34(26)13-9-6-10-14-34)18-24-30(38)36(4-2)32(40)44-24/h15-18H,3-14H2,1-2H3/b23-17-,24-18-. The van der Waals surface area contributed by atoms with Crippen molar-refractivity contribution in [2.24, 2.45) is 0 Å². The minimum Gasteiger partial charge on any atom is -0.293 e. The fourth-order valence-corrected chi connectivity index (χ4v) is 14.4. The quantitative estimate of drug-likeness (QED) is 0.235. The van der Waals surface area contributed by atoms with Gasteiger partial charge in [0.2, 0.25) is 0 Å². The van der Waals surface area contributed by atoms with Crippen molar-refractivity contribution < 1.29 is 9.59 Å². The highest BCUT2D eigenvalue weighted by Crippen LogP contribution is 2.63. The molecule has 0 N–H and O–H groups in total. The number of allylic oxidation sites excluding steroid dienone is 4. The molecule has 6 aliphatic rings. The predicted octanol–water partition coefficient (Wildman–Crippen LogP) is 9.69. The lowest BCUT2D eigenvalue weighted by atomic mass is 9.66. The summed E-state index contributed by atoms with van der Waals surface area (Å²) in [5.41, 5.74) is 5.62. The molecule has 0 radical (unpaired) electrons. The SMILES string of the molecule is CCN1C(=O)/C(=C/C2=Cc3sc4c5c(sc4c3C23CCCCC3)C=C(/C=C2\SC(=S)N(CC)C2=O)C52CCCCC2)SC1=S. The van der Waals surface area contributed by atoms with Gasteiger partial charge in [0.25, 0.3) is 11.8 Å². The van der Waals surface area contributed by atoms with E-state index in [0.717, 1.165) is 35.5 Å². The molecule has 2 aromatic rings. The maximum absolute atomic E-state index is 13.2. The molecular formula is C34H34N2O2S6. The Morgan fingerprint density at radius 3 is 1.41 bits per heavy atom. The van der Waals surface area contributed by atoms with Crippen molar-refractivity contribution in [2.75, 3.05) is 13.1 Å². The Morgan fingerprint density at radius 1 is 0.682 bits per heavy atom. The number of thiocarbonyl (C=S) groups is 2. The molecule has 8 rings (SSSR count). The van der Waals surface area contributed by atoms with E-state index in [1.165, 1.54) is 103 Å². The minimum absolute atomic E-state index is 0.0278. The molecule has 2 saturated heterocycles. The highest BCUT2D eigenvalue weighted by molar-refractivity contribution is 8.27. The molecule has 2 saturated carbocycles. The zero-order chi connectivity index (χ0) is 30.4. The van der Waals surface area contributed by atoms with Gasteiger partial charge < -0.3 is 0 Å². The van der Waals surface area contributed by atoms with Crippen LogP contribution in [0.15, 0.2) is 33.1 Å². The van der Waals surface area contributed by atoms with Gasteiger partial charge in [0.05, 0.1) is 19.2 Å². The Labute approximate surface area is 286 Å². The van der Waals surface area contributed by atoms with Crippen LogP contribution < -0.4 is 0 Å². The summed E-state index contributed by atoms with van der Waals surface area (Å²) in [6, 6.07) is 0. The average molecular weight is 695 g/mol. The molecule has 44 heavy (non-hydrogen) atoms. The average Bonchev–Trinajstić information content (AvgIpc) is 3.80. The number of carbonyl (C=O) groups excluding carboxylic acids is 2. The molecule has 228 valence electrons. The maximum Gasteiger partial charge on any atom is 0.266 e. The van der Waals surface area contributed by atoms with Crippen molar-refractivity contribution in [2.45, 2.75) is 88.9 Å². The lowest BCUT2D eigenvalue weighted by molar-refractivity contribution is -0.122. The fourth-order valence-electron chi connectivity index (χ4n) is 8.50. The number of thiophene rings is 2. The van der Waals surface area contributed by atoms with E-state index >= 15 is 0 Å². The summed E-state index contributed by atoms with van der Waals surface area (Å²) in [6.07, 6.45) is 21.1. The number of fused-ring (bicyclic) bond motifs is 7. The van der Waals surface area contributed by atoms with Crippen molar-refractivity contribution in [3.8, 4) is 0 Å². The van der Waals surface area contributed by atoms with Gasteiger partial charge in [-0.3, -0.25) is 19.4 Å². The molecule has 4 heterocycles. The lowest BCUT2D eigenvalue weighted by Gasteiger charge is -2.37. The molecular weight excluding hydrogens is 661 g/mol. The minimum atomic E-state index is -0.0278. The van der Waals surface area contributed by atoms with Crippen LogP contribution in [0.4, 0.5) is 0 Å². The van der Waals surface area contributed by atoms with Crippen LogP contribution >= 0.6 is 70.6 Å². The highest BCUT2D eigenvalue weighted by Gasteiger charge is 2.49. The van der Waals surface area contributed by atoms with Gasteiger partial charge in [-0.2, -0.15) is 0 Å². The van der Waals surface area contributed by atoms with Crippen LogP contribution in [-0.2, 0) is 20.4 Å². The molecule has 4 nitrogen and oxygen atoms in total. The van der Waals surface area contributed by atoms with Crippen molar-refractivity contribution in [3.05, 3.63) is 54.0 Å². The van der Waals surface area contributed by atoms with Crippen molar-refractivity contribution >= 4 is 113 Å². The second-order valence-electron chi connectivity index (χ2n) is 12.7. The first-order valence-electron chi connectivity index (χ1n) is 15.9. The van der Waals surface area contributed by atoms with Crippen LogP contribution in [0.3, 0.4) is 0 Å². The molecule has 2 aliphatic heterocycles. The van der Waals surface area contributed by atoms with Gasteiger partial charge in [-0.05, 0) is 86.1 Å². The molecule has 4 aliphatic carbocycles. The number of amides is 2. The Bertz CT molecular complexity index is 1660. The summed E-state index contributed by atoms with van der Waals surface area (Å²) in [6.45, 7) is 5.21. The number of thioether (sulfide) groups is 2. The van der Waals surface area contributed by atoms with Crippen LogP contribution in [0, 0.1) is 0 Å². The first-order valence-corrected chi connectivity index (χ1v) is 19.9. The number of carbonyl (C=O) groups is 2. The molecule has 10 heteroatoms. The third kappa shape index (κ3) is 4.20. The molecule has 0 bridgehead atoms. The van der Waals surface area contributed by atoms with Crippen LogP contribution in [0.5, 0.6) is 0 Å². The van der Waals surface area contributed by atoms with E-state index in [-0.39, 0.29) is 22.6 Å². The largest absolute Gasteiger partial charge is 0.293 e. The Balaban J connectivity index is 1.25. The number of hydrogen-bond acceptors (Lipinski definition) is 8. The Kier molecular flexibility index (Phi) is 7.46. The topological polar surface area (TPSA) is 40.6 Å². The van der Waals surface area contributed by atoms with Crippen LogP contribution in [0.2, 0.25) is 0 Å². The monoisotopic (exact) mass is 694 g/mol. The first-order chi connectivity index (χ1) is 21.3. The van der Waals surface area contributed by atoms with Crippen molar-refractivity contribution in [1.29, 1.82) is 0 Å². The summed E-state index contributed by atoms with van der Waals surface area (Å²) < 4.78 is 4.28. The van der Waals surface area contributed by atoms with E-state index in [2.05, 4.69) is 24.3 Å². The van der Waals surface area contributed by atoms with E-state index in [4.69, 9.17) is 24.4 Å². The molecule has 2 spiro atoms. The molecule has 2 amide bonds. The smallest absolute Gasteiger partial charge is 0.266 e. The van der Waals surface area contributed by atoms with E-state index in [0.29, 0.717) is 21.7 Å². The number of likely N-dealkylation sites (N-methyl/N-ethyl adjacent to an activating group) is 2. The van der Waals surface area contributed by atoms with Gasteiger partial charge in [0.1, 0.15) is 8.64 Å². The molecule has 0 atom stereocenters. The van der Waals surface area contributed by atoms with E-state index < -0.39 is 0 Å². The Hall–Kier alpha value is -1.56. The summed E-state index contributed by atoms with van der Waals surface area (Å²) in [4.78, 5) is 34.2. The predicted molar refractivity (Wildman–Crippen MR) is 196 cm³/mol. The van der Waals surface area contributed by atoms with Crippen LogP contribution in [0.1, 0.15) is 98.9 Å². The molecule has 2 aromatic heterocycles. The van der Waals surface area contributed by atoms with Gasteiger partial charge >= 0.3 is 0 Å². The second-order valence-corrected chi connectivity index (χ2v) is 18.1. The lowest BCUT2D eigenvalue weighted by Crippen LogP contribution is -2.30. The third-order valence-corrected chi connectivity index (χ3v) is 15.8. The number of nitrogens with zero attached hydrogens (tertiary/aromatic N) is 2. The van der Waals surface area contributed by atoms with Crippen molar-refractivity contribution in [3.63, 3.8) is 0 Å². The zero-order valence-corrected chi connectivity index (χ0v) is 29.9.